The quantitative estimate of drug-likeness (QED) is 0.548. The van der Waals surface area contributed by atoms with Crippen molar-refractivity contribution >= 4 is 29.1 Å². The van der Waals surface area contributed by atoms with E-state index in [-0.39, 0.29) is 11.9 Å². The number of halogens is 2. The van der Waals surface area contributed by atoms with Crippen molar-refractivity contribution in [3.05, 3.63) is 106 Å². The van der Waals surface area contributed by atoms with Crippen LogP contribution in [0.3, 0.4) is 0 Å². The largest absolute Gasteiger partial charge is 0.336 e. The molecule has 148 valence electrons. The van der Waals surface area contributed by atoms with Gasteiger partial charge in [-0.1, -0.05) is 65.7 Å². The van der Waals surface area contributed by atoms with Crippen LogP contribution in [0.15, 0.2) is 78.9 Å². The van der Waals surface area contributed by atoms with Crippen LogP contribution in [-0.2, 0) is 0 Å². The highest BCUT2D eigenvalue weighted by molar-refractivity contribution is 6.30. The highest BCUT2D eigenvalue weighted by atomic mass is 35.5. The summed E-state index contributed by atoms with van der Waals surface area (Å²) in [6, 6.07) is 25.8. The van der Waals surface area contributed by atoms with Gasteiger partial charge in [0.25, 0.3) is 5.91 Å². The van der Waals surface area contributed by atoms with Crippen LogP contribution in [0.4, 0.5) is 0 Å². The van der Waals surface area contributed by atoms with Crippen LogP contribution in [0.1, 0.15) is 27.5 Å². The number of carbonyl (C=O) groups excluding carboxylic acids is 1. The van der Waals surface area contributed by atoms with Gasteiger partial charge in [-0.3, -0.25) is 9.69 Å². The Balaban J connectivity index is 1.51. The molecule has 1 atom stereocenters. The summed E-state index contributed by atoms with van der Waals surface area (Å²) >= 11 is 12.0. The fourth-order valence-corrected chi connectivity index (χ4v) is 4.10. The van der Waals surface area contributed by atoms with Crippen LogP contribution >= 0.6 is 23.2 Å². The van der Waals surface area contributed by atoms with Crippen molar-refractivity contribution in [1.82, 2.24) is 9.80 Å². The molecule has 1 heterocycles. The van der Waals surface area contributed by atoms with E-state index in [0.29, 0.717) is 23.7 Å². The van der Waals surface area contributed by atoms with E-state index in [2.05, 4.69) is 41.3 Å². The number of piperazine rings is 1. The van der Waals surface area contributed by atoms with Crippen molar-refractivity contribution in [3.63, 3.8) is 0 Å². The summed E-state index contributed by atoms with van der Waals surface area (Å²) < 4.78 is 0. The molecule has 1 saturated heterocycles. The van der Waals surface area contributed by atoms with E-state index >= 15 is 0 Å². The minimum atomic E-state index is 0.0593. The maximum atomic E-state index is 12.8. The summed E-state index contributed by atoms with van der Waals surface area (Å²) in [5.74, 6) is 0.0593. The molecule has 3 aromatic carbocycles. The summed E-state index contributed by atoms with van der Waals surface area (Å²) in [6.45, 7) is 3.00. The lowest BCUT2D eigenvalue weighted by atomic mass is 9.96. The first kappa shape index (κ1) is 20.0. The number of rotatable bonds is 4. The topological polar surface area (TPSA) is 23.6 Å². The fourth-order valence-electron chi connectivity index (χ4n) is 3.85. The Labute approximate surface area is 181 Å². The summed E-state index contributed by atoms with van der Waals surface area (Å²) in [4.78, 5) is 17.2. The van der Waals surface area contributed by atoms with Gasteiger partial charge in [0.1, 0.15) is 0 Å². The smallest absolute Gasteiger partial charge is 0.253 e. The molecule has 3 aromatic rings. The number of hydrogen-bond donors (Lipinski definition) is 0. The van der Waals surface area contributed by atoms with Gasteiger partial charge in [-0.2, -0.15) is 0 Å². The zero-order chi connectivity index (χ0) is 20.2. The third kappa shape index (κ3) is 4.64. The third-order valence-electron chi connectivity index (χ3n) is 5.36. The van der Waals surface area contributed by atoms with E-state index in [0.717, 1.165) is 18.1 Å². The lowest BCUT2D eigenvalue weighted by molar-refractivity contribution is 0.0597. The molecular formula is C24H22Cl2N2O. The van der Waals surface area contributed by atoms with Gasteiger partial charge in [0.15, 0.2) is 0 Å². The molecule has 5 heteroatoms. The molecule has 4 rings (SSSR count). The Morgan fingerprint density at radius 3 is 1.79 bits per heavy atom. The average Bonchev–Trinajstić information content (AvgIpc) is 2.77. The molecule has 29 heavy (non-hydrogen) atoms. The van der Waals surface area contributed by atoms with Gasteiger partial charge in [-0.05, 0) is 47.5 Å². The number of benzene rings is 3. The Bertz CT molecular complexity index is 950. The van der Waals surface area contributed by atoms with Gasteiger partial charge in [0, 0.05) is 41.8 Å². The van der Waals surface area contributed by atoms with Gasteiger partial charge < -0.3 is 4.90 Å². The first-order valence-electron chi connectivity index (χ1n) is 9.71. The van der Waals surface area contributed by atoms with Gasteiger partial charge in [0.05, 0.1) is 6.04 Å². The maximum absolute atomic E-state index is 12.8. The molecule has 0 spiro atoms. The SMILES string of the molecule is O=C(c1ccc(Cl)cc1)N1CCN(C(c2ccccc2)c2ccc(Cl)cc2)CC1. The second-order valence-electron chi connectivity index (χ2n) is 7.20. The number of hydrogen-bond acceptors (Lipinski definition) is 2. The molecule has 1 unspecified atom stereocenters. The molecule has 0 bridgehead atoms. The van der Waals surface area contributed by atoms with Gasteiger partial charge >= 0.3 is 0 Å². The third-order valence-corrected chi connectivity index (χ3v) is 5.86. The summed E-state index contributed by atoms with van der Waals surface area (Å²) in [5, 5.41) is 1.37. The van der Waals surface area contributed by atoms with Crippen molar-refractivity contribution in [1.29, 1.82) is 0 Å². The van der Waals surface area contributed by atoms with Crippen LogP contribution in [0.25, 0.3) is 0 Å². The first-order valence-corrected chi connectivity index (χ1v) is 10.5. The zero-order valence-electron chi connectivity index (χ0n) is 16.0. The molecule has 0 aromatic heterocycles. The monoisotopic (exact) mass is 424 g/mol. The van der Waals surface area contributed by atoms with E-state index in [1.165, 1.54) is 11.1 Å². The van der Waals surface area contributed by atoms with E-state index in [1.807, 2.05) is 23.1 Å². The molecule has 0 saturated carbocycles. The molecule has 1 aliphatic rings. The molecule has 0 N–H and O–H groups in total. The predicted octanol–water partition coefficient (Wildman–Crippen LogP) is 5.54. The van der Waals surface area contributed by atoms with Crippen LogP contribution in [0.2, 0.25) is 10.0 Å². The van der Waals surface area contributed by atoms with Crippen LogP contribution in [0, 0.1) is 0 Å². The Morgan fingerprint density at radius 2 is 1.21 bits per heavy atom. The van der Waals surface area contributed by atoms with Crippen molar-refractivity contribution in [2.24, 2.45) is 0 Å². The lowest BCUT2D eigenvalue weighted by Gasteiger charge is -2.39. The second kappa shape index (κ2) is 9.00. The van der Waals surface area contributed by atoms with Crippen molar-refractivity contribution in [2.75, 3.05) is 26.2 Å². The first-order chi connectivity index (χ1) is 14.1. The van der Waals surface area contributed by atoms with Crippen molar-refractivity contribution < 1.29 is 4.79 Å². The second-order valence-corrected chi connectivity index (χ2v) is 8.07. The van der Waals surface area contributed by atoms with Crippen LogP contribution < -0.4 is 0 Å². The normalized spacial score (nSPS) is 15.9. The van der Waals surface area contributed by atoms with Crippen molar-refractivity contribution in [3.8, 4) is 0 Å². The highest BCUT2D eigenvalue weighted by Gasteiger charge is 2.28. The van der Waals surface area contributed by atoms with Gasteiger partial charge in [-0.15, -0.1) is 0 Å². The Kier molecular flexibility index (Phi) is 6.19. The highest BCUT2D eigenvalue weighted by Crippen LogP contribution is 2.30. The van der Waals surface area contributed by atoms with E-state index < -0.39 is 0 Å². The lowest BCUT2D eigenvalue weighted by Crippen LogP contribution is -2.49. The summed E-state index contributed by atoms with van der Waals surface area (Å²) in [6.07, 6.45) is 0. The minimum Gasteiger partial charge on any atom is -0.336 e. The Morgan fingerprint density at radius 1 is 0.690 bits per heavy atom. The van der Waals surface area contributed by atoms with Gasteiger partial charge in [0.2, 0.25) is 0 Å². The molecule has 0 radical (unpaired) electrons. The molecule has 3 nitrogen and oxygen atoms in total. The Hall–Kier alpha value is -2.33. The molecule has 1 aliphatic heterocycles. The fraction of sp³-hybridized carbons (Fsp3) is 0.208. The van der Waals surface area contributed by atoms with Crippen LogP contribution in [-0.4, -0.2) is 41.9 Å². The predicted molar refractivity (Wildman–Crippen MR) is 119 cm³/mol. The van der Waals surface area contributed by atoms with Gasteiger partial charge in [-0.25, -0.2) is 0 Å². The molecule has 1 fully saturated rings. The van der Waals surface area contributed by atoms with Crippen molar-refractivity contribution in [2.45, 2.75) is 6.04 Å². The van der Waals surface area contributed by atoms with E-state index in [4.69, 9.17) is 23.2 Å². The van der Waals surface area contributed by atoms with E-state index in [9.17, 15) is 4.79 Å². The zero-order valence-corrected chi connectivity index (χ0v) is 17.5. The minimum absolute atomic E-state index is 0.0593. The molecule has 0 aliphatic carbocycles. The molecular weight excluding hydrogens is 403 g/mol. The summed E-state index contributed by atoms with van der Waals surface area (Å²) in [7, 11) is 0. The number of nitrogens with zero attached hydrogens (tertiary/aromatic N) is 2. The molecule has 1 amide bonds. The average molecular weight is 425 g/mol. The van der Waals surface area contributed by atoms with Crippen LogP contribution in [0.5, 0.6) is 0 Å². The standard InChI is InChI=1S/C24H22Cl2N2O/c25-21-10-6-19(7-11-21)23(18-4-2-1-3-5-18)27-14-16-28(17-15-27)24(29)20-8-12-22(26)13-9-20/h1-13,23H,14-17H2. The number of amides is 1. The van der Waals surface area contributed by atoms with E-state index in [1.54, 1.807) is 24.3 Å². The number of carbonyl (C=O) groups is 1. The summed E-state index contributed by atoms with van der Waals surface area (Å²) in [5.41, 5.74) is 3.13. The maximum Gasteiger partial charge on any atom is 0.253 e.